The van der Waals surface area contributed by atoms with E-state index in [2.05, 4.69) is 11.8 Å². The van der Waals surface area contributed by atoms with E-state index < -0.39 is 22.0 Å². The van der Waals surface area contributed by atoms with Crippen LogP contribution in [0.4, 0.5) is 18.9 Å². The van der Waals surface area contributed by atoms with Crippen LogP contribution < -0.4 is 9.46 Å². The van der Waals surface area contributed by atoms with E-state index in [1.807, 2.05) is 11.6 Å². The minimum Gasteiger partial charge on any atom is -0.491 e. The van der Waals surface area contributed by atoms with Gasteiger partial charge in [-0.3, -0.25) is 14.4 Å². The lowest BCUT2D eigenvalue weighted by Crippen LogP contribution is -2.48. The number of sulfonamides is 1. The summed E-state index contributed by atoms with van der Waals surface area (Å²) in [6, 6.07) is 3.89. The van der Waals surface area contributed by atoms with Crippen molar-refractivity contribution in [1.29, 1.82) is 0 Å². The highest BCUT2D eigenvalue weighted by Crippen LogP contribution is 2.30. The number of hydrogen-bond donors (Lipinski definition) is 1. The van der Waals surface area contributed by atoms with Crippen LogP contribution in [-0.4, -0.2) is 88.6 Å². The van der Waals surface area contributed by atoms with E-state index in [9.17, 15) is 26.4 Å². The lowest BCUT2D eigenvalue weighted by Gasteiger charge is -2.38. The molecule has 1 heterocycles. The third kappa shape index (κ3) is 8.74. The number of hydrogen-bond acceptors (Lipinski definition) is 6. The molecule has 0 saturated heterocycles. The van der Waals surface area contributed by atoms with Gasteiger partial charge in [-0.05, 0) is 43.7 Å². The van der Waals surface area contributed by atoms with Crippen LogP contribution in [0.1, 0.15) is 56.3 Å². The molecule has 1 aromatic rings. The Balaban J connectivity index is 1.90. The normalized spacial score (nSPS) is 25.2. The predicted molar refractivity (Wildman–Crippen MR) is 140 cm³/mol. The quantitative estimate of drug-likeness (QED) is 0.553. The zero-order valence-corrected chi connectivity index (χ0v) is 23.4. The molecule has 1 N–H and O–H groups in total. The summed E-state index contributed by atoms with van der Waals surface area (Å²) in [5.41, 5.74) is 0.0889. The average molecular weight is 564 g/mol. The fourth-order valence-corrected chi connectivity index (χ4v) is 6.29. The fraction of sp³-hybridized carbons (Fsp3) is 0.731. The molecule has 1 aliphatic heterocycles. The standard InChI is InChI=1S/C26H40F3N3O5S/c1-18-13-32(14-20-8-6-5-7-9-20)19(2)16-37-23-12-21(30-38(34,35)17-26(27,28)29)10-11-22(23)25(33)31(3)15-24(18)36-4/h10-12,18-20,24,30H,5-9,13-17H2,1-4H3/t18-,19-,24-/m1/s1. The number of rotatable bonds is 6. The van der Waals surface area contributed by atoms with Crippen LogP contribution in [0.25, 0.3) is 0 Å². The second kappa shape index (κ2) is 12.9. The topological polar surface area (TPSA) is 88.2 Å². The van der Waals surface area contributed by atoms with Crippen LogP contribution in [0.2, 0.25) is 0 Å². The zero-order valence-electron chi connectivity index (χ0n) is 22.6. The molecule has 3 rings (SSSR count). The summed E-state index contributed by atoms with van der Waals surface area (Å²) in [7, 11) is -1.40. The molecule has 1 fully saturated rings. The summed E-state index contributed by atoms with van der Waals surface area (Å²) in [4.78, 5) is 17.2. The molecule has 0 bridgehead atoms. The van der Waals surface area contributed by atoms with Crippen LogP contribution in [0.3, 0.4) is 0 Å². The maximum Gasteiger partial charge on any atom is 0.404 e. The van der Waals surface area contributed by atoms with E-state index in [1.54, 1.807) is 14.2 Å². The first-order valence-corrected chi connectivity index (χ1v) is 14.8. The monoisotopic (exact) mass is 563 g/mol. The third-order valence-electron chi connectivity index (χ3n) is 7.42. The van der Waals surface area contributed by atoms with Crippen LogP contribution >= 0.6 is 0 Å². The van der Waals surface area contributed by atoms with Gasteiger partial charge in [-0.15, -0.1) is 0 Å². The van der Waals surface area contributed by atoms with Crippen molar-refractivity contribution in [3.63, 3.8) is 0 Å². The molecule has 0 spiro atoms. The van der Waals surface area contributed by atoms with Gasteiger partial charge in [-0.2, -0.15) is 13.2 Å². The number of benzene rings is 1. The molecule has 8 nitrogen and oxygen atoms in total. The molecule has 1 saturated carbocycles. The van der Waals surface area contributed by atoms with Crippen molar-refractivity contribution in [3.05, 3.63) is 23.8 Å². The number of carbonyl (C=O) groups excluding carboxylic acids is 1. The second-order valence-electron chi connectivity index (χ2n) is 10.7. The van der Waals surface area contributed by atoms with Crippen molar-refractivity contribution in [2.24, 2.45) is 11.8 Å². The lowest BCUT2D eigenvalue weighted by atomic mass is 9.88. The first-order valence-electron chi connectivity index (χ1n) is 13.1. The van der Waals surface area contributed by atoms with Crippen molar-refractivity contribution in [2.45, 2.75) is 64.3 Å². The summed E-state index contributed by atoms with van der Waals surface area (Å²) in [6.45, 7) is 6.40. The van der Waals surface area contributed by atoms with Crippen LogP contribution in [-0.2, 0) is 14.8 Å². The molecular formula is C26H40F3N3O5S. The number of alkyl halides is 3. The molecule has 1 amide bonds. The number of methoxy groups -OCH3 is 1. The Bertz CT molecular complexity index is 1050. The molecule has 2 aliphatic rings. The first kappa shape index (κ1) is 30.5. The van der Waals surface area contributed by atoms with Crippen molar-refractivity contribution in [3.8, 4) is 5.75 Å². The van der Waals surface area contributed by atoms with Gasteiger partial charge in [0, 0.05) is 45.9 Å². The predicted octanol–water partition coefficient (Wildman–Crippen LogP) is 4.38. The Morgan fingerprint density at radius 2 is 1.82 bits per heavy atom. The van der Waals surface area contributed by atoms with Gasteiger partial charge >= 0.3 is 6.18 Å². The minimum absolute atomic E-state index is 0.0254. The fourth-order valence-electron chi connectivity index (χ4n) is 5.30. The van der Waals surface area contributed by atoms with E-state index >= 15 is 0 Å². The smallest absolute Gasteiger partial charge is 0.404 e. The van der Waals surface area contributed by atoms with Crippen molar-refractivity contribution in [2.75, 3.05) is 50.9 Å². The van der Waals surface area contributed by atoms with Crippen LogP contribution in [0, 0.1) is 11.8 Å². The van der Waals surface area contributed by atoms with Gasteiger partial charge in [0.25, 0.3) is 5.91 Å². The molecule has 0 radical (unpaired) electrons. The molecule has 12 heteroatoms. The highest BCUT2D eigenvalue weighted by Gasteiger charge is 2.35. The Hall–Kier alpha value is -2.05. The SMILES string of the molecule is CO[C@@H]1CN(C)C(=O)c2ccc(NS(=O)(=O)CC(F)(F)F)cc2OC[C@@H](C)N(CC2CCCCC2)C[C@H]1C. The summed E-state index contributed by atoms with van der Waals surface area (Å²) < 4.78 is 76.0. The van der Waals surface area contributed by atoms with E-state index in [1.165, 1.54) is 55.2 Å². The number of fused-ring (bicyclic) bond motifs is 1. The minimum atomic E-state index is -4.89. The van der Waals surface area contributed by atoms with E-state index in [4.69, 9.17) is 9.47 Å². The molecule has 1 aromatic carbocycles. The van der Waals surface area contributed by atoms with Gasteiger partial charge in [0.15, 0.2) is 5.75 Å². The first-order chi connectivity index (χ1) is 17.8. The number of anilines is 1. The lowest BCUT2D eigenvalue weighted by molar-refractivity contribution is -0.106. The van der Waals surface area contributed by atoms with Crippen LogP contribution in [0.5, 0.6) is 5.75 Å². The molecule has 0 unspecified atom stereocenters. The van der Waals surface area contributed by atoms with Gasteiger partial charge < -0.3 is 14.4 Å². The van der Waals surface area contributed by atoms with Crippen LogP contribution in [0.15, 0.2) is 18.2 Å². The molecule has 38 heavy (non-hydrogen) atoms. The molecule has 216 valence electrons. The number of amides is 1. The number of likely N-dealkylation sites (N-methyl/N-ethyl adjacent to an activating group) is 1. The maximum absolute atomic E-state index is 13.3. The summed E-state index contributed by atoms with van der Waals surface area (Å²) in [5, 5.41) is 0. The Labute approximate surface area is 223 Å². The summed E-state index contributed by atoms with van der Waals surface area (Å²) in [6.07, 6.45) is 1.01. The number of ether oxygens (including phenoxy) is 2. The highest BCUT2D eigenvalue weighted by molar-refractivity contribution is 7.92. The van der Waals surface area contributed by atoms with Gasteiger partial charge in [-0.25, -0.2) is 8.42 Å². The number of nitrogens with one attached hydrogen (secondary N) is 1. The number of halogens is 3. The van der Waals surface area contributed by atoms with E-state index in [0.29, 0.717) is 12.5 Å². The van der Waals surface area contributed by atoms with Gasteiger partial charge in [0.1, 0.15) is 12.4 Å². The molecule has 1 aliphatic carbocycles. The van der Waals surface area contributed by atoms with E-state index in [-0.39, 0.29) is 47.6 Å². The Morgan fingerprint density at radius 3 is 2.45 bits per heavy atom. The van der Waals surface area contributed by atoms with Gasteiger partial charge in [0.2, 0.25) is 10.0 Å². The number of carbonyl (C=O) groups is 1. The molecular weight excluding hydrogens is 523 g/mol. The van der Waals surface area contributed by atoms with Crippen molar-refractivity contribution < 1.29 is 35.9 Å². The Morgan fingerprint density at radius 1 is 1.13 bits per heavy atom. The van der Waals surface area contributed by atoms with E-state index in [0.717, 1.165) is 13.1 Å². The Kier molecular flexibility index (Phi) is 10.3. The van der Waals surface area contributed by atoms with Crippen molar-refractivity contribution in [1.82, 2.24) is 9.80 Å². The van der Waals surface area contributed by atoms with Crippen molar-refractivity contribution >= 4 is 21.6 Å². The molecule has 3 atom stereocenters. The zero-order chi connectivity index (χ0) is 28.1. The third-order valence-corrected chi connectivity index (χ3v) is 8.67. The average Bonchev–Trinajstić information content (AvgIpc) is 2.83. The van der Waals surface area contributed by atoms with Gasteiger partial charge in [0.05, 0.1) is 17.4 Å². The summed E-state index contributed by atoms with van der Waals surface area (Å²) >= 11 is 0. The largest absolute Gasteiger partial charge is 0.491 e. The molecule has 0 aromatic heterocycles. The number of nitrogens with zero attached hydrogens (tertiary/aromatic N) is 2. The maximum atomic E-state index is 13.3. The second-order valence-corrected chi connectivity index (χ2v) is 12.5. The highest BCUT2D eigenvalue weighted by atomic mass is 32.2. The van der Waals surface area contributed by atoms with Gasteiger partial charge in [-0.1, -0.05) is 26.2 Å². The summed E-state index contributed by atoms with van der Waals surface area (Å²) in [5.74, 6) is -1.51.